The fraction of sp³-hybridized carbons (Fsp3) is 0.267. The van der Waals surface area contributed by atoms with Gasteiger partial charge in [0.15, 0.2) is 0 Å². The second-order valence-electron chi connectivity index (χ2n) is 4.99. The molecule has 20 heavy (non-hydrogen) atoms. The van der Waals surface area contributed by atoms with E-state index in [9.17, 15) is 4.79 Å². The second kappa shape index (κ2) is 6.02. The number of H-pyrrole nitrogens is 1. The number of rotatable bonds is 4. The number of nitriles is 1. The first-order valence-corrected chi connectivity index (χ1v) is 6.43. The Labute approximate surface area is 117 Å². The Bertz CT molecular complexity index is 691. The Morgan fingerprint density at radius 2 is 2.35 bits per heavy atom. The Morgan fingerprint density at radius 3 is 3.05 bits per heavy atom. The maximum Gasteiger partial charge on any atom is 0.261 e. The van der Waals surface area contributed by atoms with E-state index in [0.717, 1.165) is 16.5 Å². The zero-order chi connectivity index (χ0) is 14.5. The number of hydrogen-bond donors (Lipinski definition) is 2. The van der Waals surface area contributed by atoms with Gasteiger partial charge in [0.1, 0.15) is 11.6 Å². The lowest BCUT2D eigenvalue weighted by molar-refractivity contribution is -0.117. The fourth-order valence-electron chi connectivity index (χ4n) is 1.76. The molecule has 0 saturated carbocycles. The first kappa shape index (κ1) is 13.8. The van der Waals surface area contributed by atoms with Crippen LogP contribution in [0.15, 0.2) is 30.0 Å². The van der Waals surface area contributed by atoms with Crippen LogP contribution in [0, 0.1) is 17.2 Å². The minimum atomic E-state index is -0.339. The van der Waals surface area contributed by atoms with Gasteiger partial charge in [-0.25, -0.2) is 0 Å². The van der Waals surface area contributed by atoms with Crippen molar-refractivity contribution in [3.63, 3.8) is 0 Å². The van der Waals surface area contributed by atoms with Crippen LogP contribution in [0.1, 0.15) is 19.4 Å². The van der Waals surface area contributed by atoms with Crippen LogP contribution >= 0.6 is 0 Å². The highest BCUT2D eigenvalue weighted by Crippen LogP contribution is 2.15. The number of hydrogen-bond acceptors (Lipinski definition) is 3. The van der Waals surface area contributed by atoms with Crippen LogP contribution in [0.5, 0.6) is 0 Å². The number of amides is 1. The number of fused-ring (bicyclic) bond motifs is 1. The molecule has 1 aromatic carbocycles. The number of nitrogens with one attached hydrogen (secondary N) is 2. The molecule has 1 aromatic heterocycles. The van der Waals surface area contributed by atoms with E-state index in [1.165, 1.54) is 0 Å². The molecule has 0 saturated heterocycles. The predicted octanol–water partition coefficient (Wildman–Crippen LogP) is 2.24. The minimum Gasteiger partial charge on any atom is -0.351 e. The summed E-state index contributed by atoms with van der Waals surface area (Å²) in [6, 6.07) is 7.53. The molecule has 1 heterocycles. The molecule has 0 fully saturated rings. The maximum absolute atomic E-state index is 11.9. The summed E-state index contributed by atoms with van der Waals surface area (Å²) in [5.41, 5.74) is 1.83. The van der Waals surface area contributed by atoms with E-state index in [1.54, 1.807) is 12.3 Å². The normalized spacial score (nSPS) is 11.6. The number of benzene rings is 1. The van der Waals surface area contributed by atoms with Crippen LogP contribution in [-0.4, -0.2) is 22.6 Å². The summed E-state index contributed by atoms with van der Waals surface area (Å²) in [5.74, 6) is 0.00895. The molecule has 5 heteroatoms. The van der Waals surface area contributed by atoms with E-state index < -0.39 is 0 Å². The Balaban J connectivity index is 2.21. The molecule has 0 bridgehead atoms. The highest BCUT2D eigenvalue weighted by atomic mass is 16.1. The van der Waals surface area contributed by atoms with Crippen molar-refractivity contribution < 1.29 is 4.79 Å². The average molecular weight is 268 g/mol. The second-order valence-corrected chi connectivity index (χ2v) is 4.99. The van der Waals surface area contributed by atoms with Gasteiger partial charge in [0.2, 0.25) is 0 Å². The first-order chi connectivity index (χ1) is 9.60. The van der Waals surface area contributed by atoms with Crippen molar-refractivity contribution >= 4 is 22.9 Å². The third-order valence-electron chi connectivity index (χ3n) is 2.81. The first-order valence-electron chi connectivity index (χ1n) is 6.43. The van der Waals surface area contributed by atoms with E-state index in [1.807, 2.05) is 38.1 Å². The van der Waals surface area contributed by atoms with E-state index in [2.05, 4.69) is 15.5 Å². The zero-order valence-electron chi connectivity index (χ0n) is 11.5. The largest absolute Gasteiger partial charge is 0.351 e. The standard InChI is InChI=1S/C15H16N4O/c1-10(2)8-17-15(20)12(7-16)5-11-3-4-14-13(6-11)9-18-19-14/h3-6,9-10H,8H2,1-2H3,(H,17,20)(H,18,19)/b12-5-. The Kier molecular flexibility index (Phi) is 4.16. The van der Waals surface area contributed by atoms with E-state index in [-0.39, 0.29) is 11.5 Å². The lowest BCUT2D eigenvalue weighted by Gasteiger charge is -2.06. The molecule has 0 aliphatic carbocycles. The SMILES string of the molecule is CC(C)CNC(=O)/C(C#N)=C\c1ccc2[nH]ncc2c1. The van der Waals surface area contributed by atoms with Gasteiger partial charge in [-0.05, 0) is 29.7 Å². The third-order valence-corrected chi connectivity index (χ3v) is 2.81. The summed E-state index contributed by atoms with van der Waals surface area (Å²) in [7, 11) is 0. The van der Waals surface area contributed by atoms with Crippen LogP contribution in [0.25, 0.3) is 17.0 Å². The van der Waals surface area contributed by atoms with Gasteiger partial charge >= 0.3 is 0 Å². The molecule has 0 radical (unpaired) electrons. The van der Waals surface area contributed by atoms with Gasteiger partial charge in [-0.15, -0.1) is 0 Å². The molecule has 0 unspecified atom stereocenters. The number of carbonyl (C=O) groups excluding carboxylic acids is 1. The van der Waals surface area contributed by atoms with Crippen molar-refractivity contribution in [1.82, 2.24) is 15.5 Å². The summed E-state index contributed by atoms with van der Waals surface area (Å²) in [5, 5.41) is 19.6. The monoisotopic (exact) mass is 268 g/mol. The molecule has 102 valence electrons. The molecule has 0 aliphatic rings. The predicted molar refractivity (Wildman–Crippen MR) is 77.5 cm³/mol. The molecule has 0 aliphatic heterocycles. The minimum absolute atomic E-state index is 0.105. The number of carbonyl (C=O) groups is 1. The summed E-state index contributed by atoms with van der Waals surface area (Å²) >= 11 is 0. The number of nitrogens with zero attached hydrogens (tertiary/aromatic N) is 2. The van der Waals surface area contributed by atoms with Crippen LogP contribution in [0.2, 0.25) is 0 Å². The number of aromatic amines is 1. The zero-order valence-corrected chi connectivity index (χ0v) is 11.5. The molecular formula is C15H16N4O. The topological polar surface area (TPSA) is 81.6 Å². The van der Waals surface area contributed by atoms with E-state index in [4.69, 9.17) is 5.26 Å². The van der Waals surface area contributed by atoms with Crippen molar-refractivity contribution in [3.05, 3.63) is 35.5 Å². The highest BCUT2D eigenvalue weighted by molar-refractivity contribution is 6.02. The molecule has 0 atom stereocenters. The van der Waals surface area contributed by atoms with Gasteiger partial charge in [0.05, 0.1) is 11.7 Å². The Morgan fingerprint density at radius 1 is 1.55 bits per heavy atom. The van der Waals surface area contributed by atoms with Crippen molar-refractivity contribution in [1.29, 1.82) is 5.26 Å². The molecule has 0 spiro atoms. The van der Waals surface area contributed by atoms with Crippen molar-refractivity contribution in [3.8, 4) is 6.07 Å². The van der Waals surface area contributed by atoms with Gasteiger partial charge in [-0.1, -0.05) is 19.9 Å². The summed E-state index contributed by atoms with van der Waals surface area (Å²) in [6.07, 6.45) is 3.29. The summed E-state index contributed by atoms with van der Waals surface area (Å²) in [6.45, 7) is 4.56. The lowest BCUT2D eigenvalue weighted by Crippen LogP contribution is -2.28. The van der Waals surface area contributed by atoms with Gasteiger partial charge in [0, 0.05) is 11.9 Å². The van der Waals surface area contributed by atoms with Crippen molar-refractivity contribution in [2.45, 2.75) is 13.8 Å². The van der Waals surface area contributed by atoms with Gasteiger partial charge < -0.3 is 5.32 Å². The highest BCUT2D eigenvalue weighted by Gasteiger charge is 2.09. The fourth-order valence-corrected chi connectivity index (χ4v) is 1.76. The Hall–Kier alpha value is -2.61. The smallest absolute Gasteiger partial charge is 0.261 e. The van der Waals surface area contributed by atoms with Crippen molar-refractivity contribution in [2.24, 2.45) is 5.92 Å². The maximum atomic E-state index is 11.9. The third kappa shape index (κ3) is 3.23. The van der Waals surface area contributed by atoms with Crippen LogP contribution in [-0.2, 0) is 4.79 Å². The van der Waals surface area contributed by atoms with Crippen LogP contribution < -0.4 is 5.32 Å². The summed E-state index contributed by atoms with van der Waals surface area (Å²) < 4.78 is 0. The quantitative estimate of drug-likeness (QED) is 0.659. The average Bonchev–Trinajstić information content (AvgIpc) is 2.89. The number of aromatic nitrogens is 2. The molecule has 5 nitrogen and oxygen atoms in total. The van der Waals surface area contributed by atoms with Crippen LogP contribution in [0.4, 0.5) is 0 Å². The van der Waals surface area contributed by atoms with Gasteiger partial charge in [-0.2, -0.15) is 10.4 Å². The van der Waals surface area contributed by atoms with Gasteiger partial charge in [-0.3, -0.25) is 9.89 Å². The molecule has 2 aromatic rings. The molecular weight excluding hydrogens is 252 g/mol. The van der Waals surface area contributed by atoms with Crippen LogP contribution in [0.3, 0.4) is 0 Å². The molecule has 2 rings (SSSR count). The molecule has 2 N–H and O–H groups in total. The molecule has 1 amide bonds. The van der Waals surface area contributed by atoms with Crippen molar-refractivity contribution in [2.75, 3.05) is 6.54 Å². The lowest BCUT2D eigenvalue weighted by atomic mass is 10.1. The van der Waals surface area contributed by atoms with E-state index >= 15 is 0 Å². The van der Waals surface area contributed by atoms with E-state index in [0.29, 0.717) is 12.5 Å². The van der Waals surface area contributed by atoms with Gasteiger partial charge in [0.25, 0.3) is 5.91 Å². The summed E-state index contributed by atoms with van der Waals surface area (Å²) in [4.78, 5) is 11.9.